The van der Waals surface area contributed by atoms with Crippen molar-refractivity contribution in [1.29, 1.82) is 0 Å². The Hall–Kier alpha value is -2.05. The van der Waals surface area contributed by atoms with E-state index < -0.39 is 35.2 Å². The van der Waals surface area contributed by atoms with E-state index in [0.29, 0.717) is 25.8 Å². The molecule has 0 rings (SSSR count). The third-order valence-corrected chi connectivity index (χ3v) is 3.16. The summed E-state index contributed by atoms with van der Waals surface area (Å²) in [5, 5.41) is 2.67. The molecule has 0 aliphatic rings. The highest BCUT2D eigenvalue weighted by Crippen LogP contribution is 2.19. The third kappa shape index (κ3) is 14.8. The van der Waals surface area contributed by atoms with Crippen LogP contribution in [0, 0.1) is 5.92 Å². The Morgan fingerprint density at radius 1 is 1.00 bits per heavy atom. The lowest BCUT2D eigenvalue weighted by molar-refractivity contribution is -0.164. The summed E-state index contributed by atoms with van der Waals surface area (Å²) < 4.78 is 15.5. The molecule has 0 aromatic heterocycles. The Bertz CT molecular complexity index is 502. The normalized spacial score (nSPS) is 12.7. The predicted octanol–water partition coefficient (Wildman–Crippen LogP) is 3.76. The lowest BCUT2D eigenvalue weighted by Gasteiger charge is -2.23. The largest absolute Gasteiger partial charge is 0.461 e. The summed E-state index contributed by atoms with van der Waals surface area (Å²) in [6, 6.07) is 0. The fraction of sp³-hybridized carbons (Fsp3) is 0.750. The second kappa shape index (κ2) is 11.6. The quantitative estimate of drug-likeness (QED) is 0.266. The van der Waals surface area contributed by atoms with E-state index in [1.54, 1.807) is 41.5 Å². The number of amides is 1. The topological polar surface area (TPSA) is 90.9 Å². The van der Waals surface area contributed by atoms with Gasteiger partial charge in [-0.15, -0.1) is 0 Å². The Balaban J connectivity index is 4.46. The van der Waals surface area contributed by atoms with E-state index in [4.69, 9.17) is 14.2 Å². The predicted molar refractivity (Wildman–Crippen MR) is 103 cm³/mol. The maximum Gasteiger partial charge on any atom is 0.407 e. The summed E-state index contributed by atoms with van der Waals surface area (Å²) >= 11 is 0. The second-order valence-corrected chi connectivity index (χ2v) is 8.33. The zero-order valence-corrected chi connectivity index (χ0v) is 17.6. The van der Waals surface area contributed by atoms with Gasteiger partial charge >= 0.3 is 18.0 Å². The molecule has 0 fully saturated rings. The van der Waals surface area contributed by atoms with Crippen molar-refractivity contribution in [1.82, 2.24) is 5.32 Å². The highest BCUT2D eigenvalue weighted by Gasteiger charge is 2.27. The van der Waals surface area contributed by atoms with Gasteiger partial charge in [-0.05, 0) is 54.4 Å². The van der Waals surface area contributed by atoms with E-state index in [-0.39, 0.29) is 13.0 Å². The maximum atomic E-state index is 12.4. The molecule has 7 nitrogen and oxygen atoms in total. The van der Waals surface area contributed by atoms with Gasteiger partial charge in [-0.1, -0.05) is 19.1 Å². The monoisotopic (exact) mass is 385 g/mol. The molecule has 0 saturated carbocycles. The molecule has 1 N–H and O–H groups in total. The molecular weight excluding hydrogens is 350 g/mol. The van der Waals surface area contributed by atoms with Crippen molar-refractivity contribution in [3.8, 4) is 0 Å². The van der Waals surface area contributed by atoms with Crippen molar-refractivity contribution < 1.29 is 28.6 Å². The number of carbonyl (C=O) groups is 3. The number of hydrogen-bond acceptors (Lipinski definition) is 6. The van der Waals surface area contributed by atoms with Gasteiger partial charge in [-0.25, -0.2) is 4.79 Å². The van der Waals surface area contributed by atoms with E-state index in [9.17, 15) is 14.4 Å². The van der Waals surface area contributed by atoms with E-state index in [1.165, 1.54) is 6.08 Å². The van der Waals surface area contributed by atoms with E-state index in [1.807, 2.05) is 0 Å². The van der Waals surface area contributed by atoms with Gasteiger partial charge in [0.25, 0.3) is 0 Å². The summed E-state index contributed by atoms with van der Waals surface area (Å²) in [6.45, 7) is 14.8. The number of esters is 2. The number of ether oxygens (including phenoxy) is 3. The van der Waals surface area contributed by atoms with Crippen LogP contribution in [0.4, 0.5) is 4.79 Å². The summed E-state index contributed by atoms with van der Waals surface area (Å²) in [5.74, 6) is -1.46. The molecule has 0 spiro atoms. The van der Waals surface area contributed by atoms with Gasteiger partial charge in [0.2, 0.25) is 0 Å². The highest BCUT2D eigenvalue weighted by atomic mass is 16.6. The van der Waals surface area contributed by atoms with Crippen LogP contribution in [0.2, 0.25) is 0 Å². The smallest absolute Gasteiger partial charge is 0.407 e. The molecule has 156 valence electrons. The van der Waals surface area contributed by atoms with Gasteiger partial charge in [0.15, 0.2) is 0 Å². The number of alkyl carbamates (subject to hydrolysis) is 1. The van der Waals surface area contributed by atoms with Crippen LogP contribution in [0.5, 0.6) is 0 Å². The Kier molecular flexibility index (Phi) is 10.7. The standard InChI is InChI=1S/C20H35NO6/c1-8-13-25-16(22)14-15(17(23)26-19(2,3)4)11-9-10-12-21-18(24)27-20(5,6)7/h8,15H,1,9-14H2,2-7H3,(H,21,24)/t15-/m1/s1. The first-order valence-electron chi connectivity index (χ1n) is 9.30. The van der Waals surface area contributed by atoms with Gasteiger partial charge < -0.3 is 19.5 Å². The van der Waals surface area contributed by atoms with Crippen LogP contribution in [0.3, 0.4) is 0 Å². The first-order chi connectivity index (χ1) is 12.3. The van der Waals surface area contributed by atoms with Gasteiger partial charge in [-0.3, -0.25) is 9.59 Å². The van der Waals surface area contributed by atoms with Crippen LogP contribution in [0.1, 0.15) is 67.2 Å². The van der Waals surface area contributed by atoms with Gasteiger partial charge in [0.1, 0.15) is 17.8 Å². The summed E-state index contributed by atoms with van der Waals surface area (Å²) in [4.78, 5) is 35.8. The molecular formula is C20H35NO6. The minimum absolute atomic E-state index is 0.0394. The van der Waals surface area contributed by atoms with E-state index in [2.05, 4.69) is 11.9 Å². The van der Waals surface area contributed by atoms with Crippen LogP contribution in [0.15, 0.2) is 12.7 Å². The van der Waals surface area contributed by atoms with Crippen LogP contribution >= 0.6 is 0 Å². The Morgan fingerprint density at radius 2 is 1.59 bits per heavy atom. The fourth-order valence-corrected chi connectivity index (χ4v) is 2.12. The highest BCUT2D eigenvalue weighted by molar-refractivity contribution is 5.80. The van der Waals surface area contributed by atoms with Crippen LogP contribution in [-0.4, -0.2) is 42.4 Å². The number of rotatable bonds is 10. The summed E-state index contributed by atoms with van der Waals surface area (Å²) in [7, 11) is 0. The molecule has 0 bridgehead atoms. The van der Waals surface area contributed by atoms with E-state index in [0.717, 1.165) is 0 Å². The minimum Gasteiger partial charge on any atom is -0.461 e. The van der Waals surface area contributed by atoms with Crippen LogP contribution < -0.4 is 5.32 Å². The first-order valence-corrected chi connectivity index (χ1v) is 9.30. The number of hydrogen-bond donors (Lipinski definition) is 1. The average Bonchev–Trinajstić information content (AvgIpc) is 2.47. The van der Waals surface area contributed by atoms with Gasteiger partial charge in [-0.2, -0.15) is 0 Å². The number of carbonyl (C=O) groups excluding carboxylic acids is 3. The average molecular weight is 386 g/mol. The zero-order valence-electron chi connectivity index (χ0n) is 17.6. The van der Waals surface area contributed by atoms with E-state index >= 15 is 0 Å². The molecule has 1 atom stereocenters. The van der Waals surface area contributed by atoms with Crippen LogP contribution in [-0.2, 0) is 23.8 Å². The van der Waals surface area contributed by atoms with Gasteiger partial charge in [0.05, 0.1) is 12.3 Å². The molecule has 7 heteroatoms. The third-order valence-electron chi connectivity index (χ3n) is 3.16. The molecule has 27 heavy (non-hydrogen) atoms. The van der Waals surface area contributed by atoms with Crippen molar-refractivity contribution in [2.75, 3.05) is 13.2 Å². The van der Waals surface area contributed by atoms with Crippen molar-refractivity contribution in [3.05, 3.63) is 12.7 Å². The van der Waals surface area contributed by atoms with Crippen LogP contribution in [0.25, 0.3) is 0 Å². The SMILES string of the molecule is C=CCOC(=O)C[C@@H](CCCCNC(=O)OC(C)(C)C)C(=O)OC(C)(C)C. The molecule has 0 aromatic carbocycles. The zero-order chi connectivity index (χ0) is 21.1. The van der Waals surface area contributed by atoms with Crippen molar-refractivity contribution in [2.45, 2.75) is 78.4 Å². The van der Waals surface area contributed by atoms with Crippen molar-refractivity contribution in [3.63, 3.8) is 0 Å². The molecule has 1 amide bonds. The molecule has 0 unspecified atom stereocenters. The lowest BCUT2D eigenvalue weighted by Crippen LogP contribution is -2.33. The van der Waals surface area contributed by atoms with Crippen molar-refractivity contribution in [2.24, 2.45) is 5.92 Å². The molecule has 0 radical (unpaired) electrons. The fourth-order valence-electron chi connectivity index (χ4n) is 2.12. The maximum absolute atomic E-state index is 12.4. The summed E-state index contributed by atoms with van der Waals surface area (Å²) in [5.41, 5.74) is -1.17. The Labute approximate surface area is 162 Å². The minimum atomic E-state index is -0.626. The lowest BCUT2D eigenvalue weighted by atomic mass is 9.98. The molecule has 0 aliphatic carbocycles. The first kappa shape index (κ1) is 24.9. The second-order valence-electron chi connectivity index (χ2n) is 8.33. The molecule has 0 heterocycles. The number of unbranched alkanes of at least 4 members (excludes halogenated alkanes) is 1. The van der Waals surface area contributed by atoms with Crippen molar-refractivity contribution >= 4 is 18.0 Å². The Morgan fingerprint density at radius 3 is 2.11 bits per heavy atom. The molecule has 0 saturated heterocycles. The molecule has 0 aliphatic heterocycles. The summed E-state index contributed by atoms with van der Waals surface area (Å²) in [6.07, 6.45) is 2.73. The molecule has 0 aromatic rings. The van der Waals surface area contributed by atoms with Gasteiger partial charge in [0, 0.05) is 6.54 Å². The number of nitrogens with one attached hydrogen (secondary N) is 1.